The Morgan fingerprint density at radius 3 is 2.68 bits per heavy atom. The first-order chi connectivity index (χ1) is 12.3. The van der Waals surface area contributed by atoms with E-state index in [1.807, 2.05) is 46.9 Å². The molecule has 0 aliphatic carbocycles. The molecule has 0 aromatic carbocycles. The van der Waals surface area contributed by atoms with E-state index in [-0.39, 0.29) is 5.91 Å². The number of hydrogen-bond donors (Lipinski definition) is 0. The highest BCUT2D eigenvalue weighted by Gasteiger charge is 2.24. The molecule has 1 amide bonds. The Bertz CT molecular complexity index is 824. The van der Waals surface area contributed by atoms with Crippen LogP contribution < -0.4 is 0 Å². The van der Waals surface area contributed by atoms with Crippen molar-refractivity contribution in [1.82, 2.24) is 19.8 Å². The number of amides is 1. The average molecular weight is 354 g/mol. The van der Waals surface area contributed by atoms with Gasteiger partial charge >= 0.3 is 0 Å². The van der Waals surface area contributed by atoms with Crippen LogP contribution in [0.2, 0.25) is 0 Å². The van der Waals surface area contributed by atoms with Gasteiger partial charge in [0.05, 0.1) is 6.26 Å². The first-order valence-corrected chi connectivity index (χ1v) is 9.07. The Kier molecular flexibility index (Phi) is 4.58. The Morgan fingerprint density at radius 2 is 1.96 bits per heavy atom. The molecule has 0 radical (unpaired) electrons. The molecule has 4 heterocycles. The molecular formula is C18H18N4O2S. The molecule has 0 atom stereocenters. The lowest BCUT2D eigenvalue weighted by Gasteiger charge is -2.34. The van der Waals surface area contributed by atoms with E-state index >= 15 is 0 Å². The third-order valence-corrected chi connectivity index (χ3v) is 5.13. The van der Waals surface area contributed by atoms with Crippen molar-refractivity contribution in [3.8, 4) is 10.8 Å². The van der Waals surface area contributed by atoms with Crippen LogP contribution in [0.25, 0.3) is 10.8 Å². The zero-order valence-electron chi connectivity index (χ0n) is 13.7. The lowest BCUT2D eigenvalue weighted by molar-refractivity contribution is 0.0623. The quantitative estimate of drug-likeness (QED) is 0.721. The summed E-state index contributed by atoms with van der Waals surface area (Å²) in [5, 5.41) is 2.55. The highest BCUT2D eigenvalue weighted by atomic mass is 32.1. The van der Waals surface area contributed by atoms with Crippen LogP contribution in [0, 0.1) is 0 Å². The second kappa shape index (κ2) is 7.16. The second-order valence-electron chi connectivity index (χ2n) is 5.94. The summed E-state index contributed by atoms with van der Waals surface area (Å²) < 4.78 is 5.34. The predicted octanol–water partition coefficient (Wildman–Crippen LogP) is 2.76. The molecule has 1 fully saturated rings. The van der Waals surface area contributed by atoms with Gasteiger partial charge in [0.25, 0.3) is 5.91 Å². The van der Waals surface area contributed by atoms with Crippen molar-refractivity contribution in [3.05, 3.63) is 59.6 Å². The van der Waals surface area contributed by atoms with E-state index < -0.39 is 0 Å². The van der Waals surface area contributed by atoms with E-state index in [2.05, 4.69) is 14.9 Å². The fourth-order valence-corrected chi connectivity index (χ4v) is 3.66. The van der Waals surface area contributed by atoms with E-state index in [1.54, 1.807) is 6.26 Å². The van der Waals surface area contributed by atoms with Crippen LogP contribution in [-0.4, -0.2) is 51.9 Å². The molecule has 0 bridgehead atoms. The smallest absolute Gasteiger partial charge is 0.273 e. The van der Waals surface area contributed by atoms with Gasteiger partial charge in [-0.25, -0.2) is 4.98 Å². The first-order valence-electron chi connectivity index (χ1n) is 8.19. The van der Waals surface area contributed by atoms with Crippen LogP contribution in [0.3, 0.4) is 0 Å². The summed E-state index contributed by atoms with van der Waals surface area (Å²) in [6.07, 6.45) is 5.24. The highest BCUT2D eigenvalue weighted by Crippen LogP contribution is 2.24. The van der Waals surface area contributed by atoms with E-state index in [9.17, 15) is 4.79 Å². The molecule has 1 aliphatic rings. The van der Waals surface area contributed by atoms with Gasteiger partial charge in [-0.2, -0.15) is 0 Å². The molecule has 128 valence electrons. The summed E-state index contributed by atoms with van der Waals surface area (Å²) in [6, 6.07) is 7.73. The largest absolute Gasteiger partial charge is 0.462 e. The lowest BCUT2D eigenvalue weighted by atomic mass is 10.2. The van der Waals surface area contributed by atoms with Gasteiger partial charge in [-0.3, -0.25) is 14.7 Å². The summed E-state index contributed by atoms with van der Waals surface area (Å²) >= 11 is 1.43. The number of rotatable bonds is 4. The molecule has 7 heteroatoms. The average Bonchev–Trinajstić information content (AvgIpc) is 3.34. The number of hydrogen-bond acceptors (Lipinski definition) is 6. The molecule has 6 nitrogen and oxygen atoms in total. The minimum atomic E-state index is -0.00221. The summed E-state index contributed by atoms with van der Waals surface area (Å²) in [6.45, 7) is 4.06. The summed E-state index contributed by atoms with van der Waals surface area (Å²) in [4.78, 5) is 25.4. The molecule has 1 saturated heterocycles. The predicted molar refractivity (Wildman–Crippen MR) is 95.2 cm³/mol. The van der Waals surface area contributed by atoms with E-state index in [0.29, 0.717) is 11.5 Å². The maximum atomic E-state index is 12.7. The van der Waals surface area contributed by atoms with Gasteiger partial charge in [0.15, 0.2) is 10.8 Å². The zero-order chi connectivity index (χ0) is 17.1. The van der Waals surface area contributed by atoms with Gasteiger partial charge in [-0.1, -0.05) is 0 Å². The van der Waals surface area contributed by atoms with Crippen molar-refractivity contribution in [3.63, 3.8) is 0 Å². The van der Waals surface area contributed by atoms with Crippen molar-refractivity contribution in [2.45, 2.75) is 6.54 Å². The van der Waals surface area contributed by atoms with Gasteiger partial charge in [0.2, 0.25) is 0 Å². The maximum absolute atomic E-state index is 12.7. The number of pyridine rings is 1. The number of furan rings is 1. The Hall–Kier alpha value is -2.51. The third-order valence-electron chi connectivity index (χ3n) is 4.27. The number of carbonyl (C=O) groups excluding carboxylic acids is 1. The number of thiazole rings is 1. The van der Waals surface area contributed by atoms with Crippen LogP contribution in [0.1, 0.15) is 16.1 Å². The van der Waals surface area contributed by atoms with Crippen molar-refractivity contribution < 1.29 is 9.21 Å². The normalized spacial score (nSPS) is 15.4. The van der Waals surface area contributed by atoms with E-state index in [1.165, 1.54) is 16.9 Å². The van der Waals surface area contributed by atoms with Crippen molar-refractivity contribution in [2.75, 3.05) is 26.2 Å². The standard InChI is InChI=1S/C18H18N4O2S/c23-18(15-13-25-17(20-15)16-2-1-11-24-16)22-9-7-21(8-10-22)12-14-3-5-19-6-4-14/h1-6,11,13H,7-10,12H2. The summed E-state index contributed by atoms with van der Waals surface area (Å²) in [5.41, 5.74) is 1.75. The molecule has 25 heavy (non-hydrogen) atoms. The zero-order valence-corrected chi connectivity index (χ0v) is 14.5. The fraction of sp³-hybridized carbons (Fsp3) is 0.278. The lowest BCUT2D eigenvalue weighted by Crippen LogP contribution is -2.48. The fourth-order valence-electron chi connectivity index (χ4n) is 2.90. The van der Waals surface area contributed by atoms with Crippen LogP contribution in [0.15, 0.2) is 52.7 Å². The third kappa shape index (κ3) is 3.62. The van der Waals surface area contributed by atoms with E-state index in [4.69, 9.17) is 4.42 Å². The van der Waals surface area contributed by atoms with Gasteiger partial charge in [0, 0.05) is 50.5 Å². The van der Waals surface area contributed by atoms with Crippen LogP contribution >= 0.6 is 11.3 Å². The monoisotopic (exact) mass is 354 g/mol. The maximum Gasteiger partial charge on any atom is 0.273 e. The molecular weight excluding hydrogens is 336 g/mol. The molecule has 0 saturated carbocycles. The van der Waals surface area contributed by atoms with Gasteiger partial charge in [-0.05, 0) is 29.8 Å². The molecule has 1 aliphatic heterocycles. The molecule has 3 aromatic rings. The van der Waals surface area contributed by atoms with Crippen LogP contribution in [-0.2, 0) is 6.54 Å². The Labute approximate surface area is 149 Å². The van der Waals surface area contributed by atoms with Gasteiger partial charge < -0.3 is 9.32 Å². The molecule has 0 spiro atoms. The van der Waals surface area contributed by atoms with Crippen molar-refractivity contribution >= 4 is 17.2 Å². The number of nitrogens with zero attached hydrogens (tertiary/aromatic N) is 4. The van der Waals surface area contributed by atoms with Crippen molar-refractivity contribution in [2.24, 2.45) is 0 Å². The minimum absolute atomic E-state index is 0.00221. The Morgan fingerprint density at radius 1 is 1.16 bits per heavy atom. The minimum Gasteiger partial charge on any atom is -0.462 e. The van der Waals surface area contributed by atoms with Gasteiger partial charge in [0.1, 0.15) is 5.69 Å². The molecule has 0 N–H and O–H groups in total. The Balaban J connectivity index is 1.35. The molecule has 3 aromatic heterocycles. The van der Waals surface area contributed by atoms with Crippen LogP contribution in [0.4, 0.5) is 0 Å². The number of carbonyl (C=O) groups is 1. The van der Waals surface area contributed by atoms with Crippen molar-refractivity contribution in [1.29, 1.82) is 0 Å². The summed E-state index contributed by atoms with van der Waals surface area (Å²) in [7, 11) is 0. The van der Waals surface area contributed by atoms with Gasteiger partial charge in [-0.15, -0.1) is 11.3 Å². The molecule has 0 unspecified atom stereocenters. The van der Waals surface area contributed by atoms with E-state index in [0.717, 1.165) is 37.7 Å². The first kappa shape index (κ1) is 16.0. The summed E-state index contributed by atoms with van der Waals surface area (Å²) in [5.74, 6) is 0.698. The highest BCUT2D eigenvalue weighted by molar-refractivity contribution is 7.13. The topological polar surface area (TPSA) is 62.5 Å². The van der Waals surface area contributed by atoms with Crippen LogP contribution in [0.5, 0.6) is 0 Å². The SMILES string of the molecule is O=C(c1csc(-c2ccco2)n1)N1CCN(Cc2ccncc2)CC1. The number of piperazine rings is 1. The number of aromatic nitrogens is 2. The molecule has 4 rings (SSSR count). The second-order valence-corrected chi connectivity index (χ2v) is 6.80.